The standard InChI is InChI=1S/C11H13F3N2O/c12-11(13,14)8-3-1-2-7(4-8)10-15-5-9(17)6-16-10/h5-8,17H,1-4H2. The van der Waals surface area contributed by atoms with Crippen LogP contribution in [0.2, 0.25) is 0 Å². The predicted molar refractivity (Wildman–Crippen MR) is 54.5 cm³/mol. The van der Waals surface area contributed by atoms with Gasteiger partial charge in [0.1, 0.15) is 5.82 Å². The van der Waals surface area contributed by atoms with E-state index < -0.39 is 12.1 Å². The lowest BCUT2D eigenvalue weighted by molar-refractivity contribution is -0.183. The maximum Gasteiger partial charge on any atom is 0.391 e. The van der Waals surface area contributed by atoms with Crippen LogP contribution in [0.3, 0.4) is 0 Å². The zero-order valence-corrected chi connectivity index (χ0v) is 9.11. The third kappa shape index (κ3) is 2.87. The van der Waals surface area contributed by atoms with E-state index in [0.29, 0.717) is 18.7 Å². The molecule has 0 aliphatic heterocycles. The largest absolute Gasteiger partial charge is 0.505 e. The first-order valence-corrected chi connectivity index (χ1v) is 5.54. The Kier molecular flexibility index (Phi) is 3.22. The van der Waals surface area contributed by atoms with Gasteiger partial charge in [-0.05, 0) is 19.3 Å². The van der Waals surface area contributed by atoms with E-state index >= 15 is 0 Å². The summed E-state index contributed by atoms with van der Waals surface area (Å²) in [5.74, 6) is -1.18. The summed E-state index contributed by atoms with van der Waals surface area (Å²) in [6.45, 7) is 0. The van der Waals surface area contributed by atoms with Crippen molar-refractivity contribution in [3.63, 3.8) is 0 Å². The van der Waals surface area contributed by atoms with Crippen LogP contribution < -0.4 is 0 Å². The van der Waals surface area contributed by atoms with Crippen LogP contribution in [-0.4, -0.2) is 21.3 Å². The van der Waals surface area contributed by atoms with Gasteiger partial charge in [0.2, 0.25) is 0 Å². The highest BCUT2D eigenvalue weighted by molar-refractivity contribution is 5.11. The van der Waals surface area contributed by atoms with Gasteiger partial charge in [-0.15, -0.1) is 0 Å². The maximum atomic E-state index is 12.6. The highest BCUT2D eigenvalue weighted by Crippen LogP contribution is 2.42. The lowest BCUT2D eigenvalue weighted by Gasteiger charge is -2.29. The first-order chi connectivity index (χ1) is 7.97. The number of aromatic hydroxyl groups is 1. The molecule has 2 atom stereocenters. The molecule has 94 valence electrons. The molecule has 1 aliphatic carbocycles. The molecular weight excluding hydrogens is 233 g/mol. The molecule has 1 aromatic heterocycles. The molecule has 1 aromatic rings. The molecular formula is C11H13F3N2O. The second-order valence-electron chi connectivity index (χ2n) is 4.40. The average molecular weight is 246 g/mol. The Morgan fingerprint density at radius 2 is 1.82 bits per heavy atom. The van der Waals surface area contributed by atoms with Crippen LogP contribution in [0.25, 0.3) is 0 Å². The summed E-state index contributed by atoms with van der Waals surface area (Å²) >= 11 is 0. The van der Waals surface area contributed by atoms with Crippen molar-refractivity contribution in [1.29, 1.82) is 0 Å². The molecule has 6 heteroatoms. The zero-order valence-electron chi connectivity index (χ0n) is 9.11. The molecule has 1 fully saturated rings. The molecule has 2 unspecified atom stereocenters. The van der Waals surface area contributed by atoms with Crippen LogP contribution in [0.5, 0.6) is 5.75 Å². The van der Waals surface area contributed by atoms with E-state index in [1.165, 1.54) is 12.4 Å². The van der Waals surface area contributed by atoms with Crippen molar-refractivity contribution < 1.29 is 18.3 Å². The fourth-order valence-electron chi connectivity index (χ4n) is 2.26. The molecule has 17 heavy (non-hydrogen) atoms. The highest BCUT2D eigenvalue weighted by Gasteiger charge is 2.42. The van der Waals surface area contributed by atoms with Crippen LogP contribution in [0.15, 0.2) is 12.4 Å². The summed E-state index contributed by atoms with van der Waals surface area (Å²) in [5.41, 5.74) is 0. The van der Waals surface area contributed by atoms with E-state index in [9.17, 15) is 13.2 Å². The Bertz CT molecular complexity index is 377. The number of halogens is 3. The fraction of sp³-hybridized carbons (Fsp3) is 0.636. The van der Waals surface area contributed by atoms with Crippen molar-refractivity contribution in [3.8, 4) is 5.75 Å². The molecule has 1 saturated carbocycles. The maximum absolute atomic E-state index is 12.6. The van der Waals surface area contributed by atoms with Gasteiger partial charge < -0.3 is 5.11 Å². The van der Waals surface area contributed by atoms with Gasteiger partial charge in [0.25, 0.3) is 0 Å². The van der Waals surface area contributed by atoms with E-state index in [-0.39, 0.29) is 24.5 Å². The summed E-state index contributed by atoms with van der Waals surface area (Å²) in [7, 11) is 0. The number of nitrogens with zero attached hydrogens (tertiary/aromatic N) is 2. The number of rotatable bonds is 1. The van der Waals surface area contributed by atoms with E-state index in [4.69, 9.17) is 5.11 Å². The third-order valence-corrected chi connectivity index (χ3v) is 3.16. The summed E-state index contributed by atoms with van der Waals surface area (Å²) in [6.07, 6.45) is -0.225. The van der Waals surface area contributed by atoms with Crippen molar-refractivity contribution in [2.24, 2.45) is 5.92 Å². The van der Waals surface area contributed by atoms with Gasteiger partial charge in [-0.25, -0.2) is 9.97 Å². The molecule has 0 saturated heterocycles. The Hall–Kier alpha value is -1.33. The lowest BCUT2D eigenvalue weighted by atomic mass is 9.80. The van der Waals surface area contributed by atoms with Gasteiger partial charge in [-0.2, -0.15) is 13.2 Å². The van der Waals surface area contributed by atoms with Crippen LogP contribution in [-0.2, 0) is 0 Å². The Morgan fingerprint density at radius 1 is 1.18 bits per heavy atom. The topological polar surface area (TPSA) is 46.0 Å². The molecule has 0 radical (unpaired) electrons. The summed E-state index contributed by atoms with van der Waals surface area (Å²) < 4.78 is 37.8. The third-order valence-electron chi connectivity index (χ3n) is 3.16. The monoisotopic (exact) mass is 246 g/mol. The van der Waals surface area contributed by atoms with Crippen molar-refractivity contribution in [2.45, 2.75) is 37.8 Å². The van der Waals surface area contributed by atoms with E-state index in [0.717, 1.165) is 0 Å². The molecule has 0 spiro atoms. The van der Waals surface area contributed by atoms with Crippen LogP contribution >= 0.6 is 0 Å². The number of aromatic nitrogens is 2. The Morgan fingerprint density at radius 3 is 2.41 bits per heavy atom. The second-order valence-corrected chi connectivity index (χ2v) is 4.40. The van der Waals surface area contributed by atoms with Crippen molar-refractivity contribution in [2.75, 3.05) is 0 Å². The van der Waals surface area contributed by atoms with Gasteiger partial charge in [0.15, 0.2) is 5.75 Å². The summed E-state index contributed by atoms with van der Waals surface area (Å²) in [6, 6.07) is 0. The molecule has 1 heterocycles. The normalized spacial score (nSPS) is 25.8. The van der Waals surface area contributed by atoms with Crippen molar-refractivity contribution in [3.05, 3.63) is 18.2 Å². The predicted octanol–water partition coefficient (Wildman–Crippen LogP) is 3.02. The zero-order chi connectivity index (χ0) is 12.5. The van der Waals surface area contributed by atoms with Crippen LogP contribution in [0, 0.1) is 5.92 Å². The molecule has 1 N–H and O–H groups in total. The molecule has 2 rings (SSSR count). The first kappa shape index (κ1) is 12.1. The molecule has 1 aliphatic rings. The van der Waals surface area contributed by atoms with Crippen molar-refractivity contribution >= 4 is 0 Å². The van der Waals surface area contributed by atoms with Gasteiger partial charge in [0, 0.05) is 5.92 Å². The van der Waals surface area contributed by atoms with E-state index in [1.807, 2.05) is 0 Å². The number of hydrogen-bond acceptors (Lipinski definition) is 3. The summed E-state index contributed by atoms with van der Waals surface area (Å²) in [4.78, 5) is 7.78. The van der Waals surface area contributed by atoms with Gasteiger partial charge >= 0.3 is 6.18 Å². The highest BCUT2D eigenvalue weighted by atomic mass is 19.4. The van der Waals surface area contributed by atoms with Crippen molar-refractivity contribution in [1.82, 2.24) is 9.97 Å². The number of alkyl halides is 3. The molecule has 3 nitrogen and oxygen atoms in total. The Balaban J connectivity index is 2.09. The molecule has 0 amide bonds. The minimum absolute atomic E-state index is 0.0499. The lowest BCUT2D eigenvalue weighted by Crippen LogP contribution is -2.28. The SMILES string of the molecule is Oc1cnc(C2CCCC(C(F)(F)F)C2)nc1. The second kappa shape index (κ2) is 4.50. The van der Waals surface area contributed by atoms with E-state index in [2.05, 4.69) is 9.97 Å². The summed E-state index contributed by atoms with van der Waals surface area (Å²) in [5, 5.41) is 9.03. The fourth-order valence-corrected chi connectivity index (χ4v) is 2.26. The quantitative estimate of drug-likeness (QED) is 0.828. The average Bonchev–Trinajstić information content (AvgIpc) is 2.29. The minimum atomic E-state index is -4.13. The van der Waals surface area contributed by atoms with Crippen LogP contribution in [0.4, 0.5) is 13.2 Å². The first-order valence-electron chi connectivity index (χ1n) is 5.54. The van der Waals surface area contributed by atoms with Gasteiger partial charge in [0.05, 0.1) is 18.3 Å². The molecule has 0 aromatic carbocycles. The minimum Gasteiger partial charge on any atom is -0.505 e. The van der Waals surface area contributed by atoms with Crippen LogP contribution in [0.1, 0.15) is 37.4 Å². The van der Waals surface area contributed by atoms with E-state index in [1.54, 1.807) is 0 Å². The van der Waals surface area contributed by atoms with Gasteiger partial charge in [-0.3, -0.25) is 0 Å². The number of hydrogen-bond donors (Lipinski definition) is 1. The van der Waals surface area contributed by atoms with Gasteiger partial charge in [-0.1, -0.05) is 6.42 Å². The Labute approximate surface area is 96.7 Å². The smallest absolute Gasteiger partial charge is 0.391 e. The molecule has 0 bridgehead atoms.